The Balaban J connectivity index is 0.998. The van der Waals surface area contributed by atoms with Gasteiger partial charge in [0.15, 0.2) is 5.65 Å². The average Bonchev–Trinajstić information content (AvgIpc) is 3.72. The zero-order valence-electron chi connectivity index (χ0n) is 23.4. The smallest absolute Gasteiger partial charge is 0.226 e. The van der Waals surface area contributed by atoms with E-state index in [1.807, 2.05) is 15.5 Å². The minimum Gasteiger partial charge on any atom is -0.493 e. The molecule has 6 heterocycles. The second-order valence-corrected chi connectivity index (χ2v) is 11.6. The maximum absolute atomic E-state index is 14.7. The van der Waals surface area contributed by atoms with E-state index in [9.17, 15) is 9.18 Å². The highest BCUT2D eigenvalue weighted by Crippen LogP contribution is 2.32. The fourth-order valence-electron chi connectivity index (χ4n) is 7.03. The number of halogens is 1. The lowest BCUT2D eigenvalue weighted by molar-refractivity contribution is -0.137. The van der Waals surface area contributed by atoms with Gasteiger partial charge in [-0.15, -0.1) is 10.2 Å². The van der Waals surface area contributed by atoms with Gasteiger partial charge in [-0.3, -0.25) is 9.20 Å². The number of piperidine rings is 1. The van der Waals surface area contributed by atoms with Crippen molar-refractivity contribution in [1.29, 1.82) is 0 Å². The van der Waals surface area contributed by atoms with Gasteiger partial charge < -0.3 is 19.3 Å². The SMILES string of the molecule is O=C(C1CCN(C2CCOCC2)CC1)N1CC=C(c2cnc(CCc3c(F)ccc4c3CCO4)n3cnnc23)CC1. The van der Waals surface area contributed by atoms with Gasteiger partial charge in [0, 0.05) is 68.4 Å². The van der Waals surface area contributed by atoms with Crippen LogP contribution < -0.4 is 4.74 Å². The van der Waals surface area contributed by atoms with Crippen molar-refractivity contribution in [2.24, 2.45) is 5.92 Å². The summed E-state index contributed by atoms with van der Waals surface area (Å²) in [7, 11) is 0. The van der Waals surface area contributed by atoms with Crippen LogP contribution in [-0.4, -0.2) is 87.3 Å². The topological polar surface area (TPSA) is 85.1 Å². The summed E-state index contributed by atoms with van der Waals surface area (Å²) in [6.45, 7) is 5.64. The van der Waals surface area contributed by atoms with Crippen LogP contribution in [-0.2, 0) is 28.8 Å². The van der Waals surface area contributed by atoms with Gasteiger partial charge in [0.2, 0.25) is 5.91 Å². The van der Waals surface area contributed by atoms with Crippen molar-refractivity contribution in [2.45, 2.75) is 57.4 Å². The Kier molecular flexibility index (Phi) is 7.43. The summed E-state index contributed by atoms with van der Waals surface area (Å²) in [5, 5.41) is 8.57. The third-order valence-electron chi connectivity index (χ3n) is 9.40. The highest BCUT2D eigenvalue weighted by atomic mass is 19.1. The van der Waals surface area contributed by atoms with Gasteiger partial charge >= 0.3 is 0 Å². The van der Waals surface area contributed by atoms with E-state index < -0.39 is 0 Å². The fraction of sp³-hybridized carbons (Fsp3) is 0.548. The first kappa shape index (κ1) is 26.5. The molecule has 2 saturated heterocycles. The molecule has 0 aliphatic carbocycles. The molecule has 0 spiro atoms. The van der Waals surface area contributed by atoms with Crippen molar-refractivity contribution in [3.05, 3.63) is 59.1 Å². The number of benzene rings is 1. The van der Waals surface area contributed by atoms with Crippen molar-refractivity contribution >= 4 is 17.1 Å². The molecular formula is C31H37FN6O3. The van der Waals surface area contributed by atoms with Crippen molar-refractivity contribution in [2.75, 3.05) is 46.0 Å². The number of likely N-dealkylation sites (tertiary alicyclic amines) is 1. The Morgan fingerprint density at radius 3 is 2.68 bits per heavy atom. The molecule has 1 aromatic carbocycles. The van der Waals surface area contributed by atoms with Gasteiger partial charge in [0.25, 0.3) is 0 Å². The number of hydrogen-bond donors (Lipinski definition) is 0. The number of carbonyl (C=O) groups excluding carboxylic acids is 1. The Labute approximate surface area is 239 Å². The monoisotopic (exact) mass is 560 g/mol. The third-order valence-corrected chi connectivity index (χ3v) is 9.40. The van der Waals surface area contributed by atoms with E-state index in [4.69, 9.17) is 14.5 Å². The number of hydrogen-bond acceptors (Lipinski definition) is 7. The van der Waals surface area contributed by atoms with Crippen molar-refractivity contribution in [1.82, 2.24) is 29.4 Å². The van der Waals surface area contributed by atoms with Crippen LogP contribution in [0.25, 0.3) is 11.2 Å². The van der Waals surface area contributed by atoms with Crippen molar-refractivity contribution < 1.29 is 18.7 Å². The molecule has 7 rings (SSSR count). The van der Waals surface area contributed by atoms with Crippen LogP contribution in [0.3, 0.4) is 0 Å². The number of amides is 1. The van der Waals surface area contributed by atoms with E-state index >= 15 is 0 Å². The van der Waals surface area contributed by atoms with Gasteiger partial charge in [-0.25, -0.2) is 9.37 Å². The van der Waals surface area contributed by atoms with Crippen LogP contribution in [0, 0.1) is 11.7 Å². The minimum absolute atomic E-state index is 0.118. The number of carbonyl (C=O) groups is 1. The molecule has 10 heteroatoms. The summed E-state index contributed by atoms with van der Waals surface area (Å²) >= 11 is 0. The standard InChI is InChI=1S/C31H37FN6O3/c32-27-2-3-28-25(11-18-41-28)24(27)1-4-29-33-19-26(30-35-34-20-38(29)30)21-5-14-37(15-6-21)31(39)22-7-12-36(13-8-22)23-9-16-40-17-10-23/h2-3,5,19-20,22-23H,1,4,6-18H2. The highest BCUT2D eigenvalue weighted by Gasteiger charge is 2.32. The lowest BCUT2D eigenvalue weighted by Crippen LogP contribution is -2.47. The maximum Gasteiger partial charge on any atom is 0.226 e. The molecular weight excluding hydrogens is 523 g/mol. The molecule has 2 aromatic heterocycles. The van der Waals surface area contributed by atoms with E-state index in [2.05, 4.69) is 21.2 Å². The number of nitrogens with zero attached hydrogens (tertiary/aromatic N) is 6. The second kappa shape index (κ2) is 11.5. The first-order valence-electron chi connectivity index (χ1n) is 15.1. The number of aryl methyl sites for hydroxylation is 1. The van der Waals surface area contributed by atoms with Crippen molar-refractivity contribution in [3.63, 3.8) is 0 Å². The minimum atomic E-state index is -0.192. The largest absolute Gasteiger partial charge is 0.493 e. The molecule has 0 unspecified atom stereocenters. The Morgan fingerprint density at radius 1 is 1.02 bits per heavy atom. The van der Waals surface area contributed by atoms with Crippen LogP contribution in [0.2, 0.25) is 0 Å². The lowest BCUT2D eigenvalue weighted by atomic mass is 9.92. The fourth-order valence-corrected chi connectivity index (χ4v) is 7.03. The average molecular weight is 561 g/mol. The van der Waals surface area contributed by atoms with Gasteiger partial charge in [-0.2, -0.15) is 0 Å². The summed E-state index contributed by atoms with van der Waals surface area (Å²) in [5.41, 5.74) is 4.52. The van der Waals surface area contributed by atoms with E-state index in [1.54, 1.807) is 12.4 Å². The van der Waals surface area contributed by atoms with E-state index in [1.165, 1.54) is 6.07 Å². The van der Waals surface area contributed by atoms with Crippen LogP contribution in [0.5, 0.6) is 5.75 Å². The van der Waals surface area contributed by atoms with Gasteiger partial charge in [0.1, 0.15) is 23.7 Å². The predicted octanol–water partition coefficient (Wildman–Crippen LogP) is 3.49. The molecule has 216 valence electrons. The second-order valence-electron chi connectivity index (χ2n) is 11.6. The van der Waals surface area contributed by atoms with E-state index in [0.717, 1.165) is 98.7 Å². The molecule has 9 nitrogen and oxygen atoms in total. The number of aromatic nitrogens is 4. The van der Waals surface area contributed by atoms with Gasteiger partial charge in [0.05, 0.1) is 6.61 Å². The molecule has 41 heavy (non-hydrogen) atoms. The molecule has 0 saturated carbocycles. The van der Waals surface area contributed by atoms with Crippen LogP contribution in [0.1, 0.15) is 54.6 Å². The zero-order valence-corrected chi connectivity index (χ0v) is 23.4. The Bertz CT molecular complexity index is 1460. The molecule has 1 amide bonds. The lowest BCUT2D eigenvalue weighted by Gasteiger charge is -2.40. The quantitative estimate of drug-likeness (QED) is 0.456. The number of fused-ring (bicyclic) bond motifs is 2. The van der Waals surface area contributed by atoms with E-state index in [-0.39, 0.29) is 17.6 Å². The first-order chi connectivity index (χ1) is 20.2. The molecule has 4 aliphatic heterocycles. The molecule has 0 bridgehead atoms. The molecule has 0 N–H and O–H groups in total. The number of ether oxygens (including phenoxy) is 2. The van der Waals surface area contributed by atoms with Gasteiger partial charge in [-0.1, -0.05) is 6.08 Å². The molecule has 3 aromatic rings. The summed E-state index contributed by atoms with van der Waals surface area (Å²) in [6.07, 6.45) is 12.4. The molecule has 4 aliphatic rings. The first-order valence-corrected chi connectivity index (χ1v) is 15.1. The van der Waals surface area contributed by atoms with E-state index in [0.29, 0.717) is 44.1 Å². The van der Waals surface area contributed by atoms with Gasteiger partial charge in [-0.05, 0) is 74.9 Å². The van der Waals surface area contributed by atoms with Crippen LogP contribution in [0.4, 0.5) is 4.39 Å². The third kappa shape index (κ3) is 5.23. The normalized spacial score (nSPS) is 20.7. The summed E-state index contributed by atoms with van der Waals surface area (Å²) < 4.78 is 27.7. The predicted molar refractivity (Wildman–Crippen MR) is 151 cm³/mol. The van der Waals surface area contributed by atoms with Crippen LogP contribution in [0.15, 0.2) is 30.7 Å². The summed E-state index contributed by atoms with van der Waals surface area (Å²) in [4.78, 5) is 22.7. The summed E-state index contributed by atoms with van der Waals surface area (Å²) in [5.74, 6) is 1.80. The molecule has 0 atom stereocenters. The summed E-state index contributed by atoms with van der Waals surface area (Å²) in [6, 6.07) is 3.82. The maximum atomic E-state index is 14.7. The molecule has 0 radical (unpaired) electrons. The Hall–Kier alpha value is -3.37. The zero-order chi connectivity index (χ0) is 27.8. The number of rotatable bonds is 6. The molecule has 2 fully saturated rings. The highest BCUT2D eigenvalue weighted by molar-refractivity contribution is 5.82. The Morgan fingerprint density at radius 2 is 1.88 bits per heavy atom. The van der Waals surface area contributed by atoms with Crippen molar-refractivity contribution in [3.8, 4) is 5.75 Å². The van der Waals surface area contributed by atoms with Crippen LogP contribution >= 0.6 is 0 Å².